The summed E-state index contributed by atoms with van der Waals surface area (Å²) in [7, 11) is 0. The summed E-state index contributed by atoms with van der Waals surface area (Å²) in [6.45, 7) is 4.73. The van der Waals surface area contributed by atoms with E-state index < -0.39 is 5.41 Å². The highest BCUT2D eigenvalue weighted by Gasteiger charge is 2.51. The predicted molar refractivity (Wildman–Crippen MR) is 296 cm³/mol. The Morgan fingerprint density at radius 2 is 0.704 bits per heavy atom. The Morgan fingerprint density at radius 3 is 1.31 bits per heavy atom. The van der Waals surface area contributed by atoms with Crippen LogP contribution in [-0.4, -0.2) is 0 Å². The first kappa shape index (κ1) is 39.1. The lowest BCUT2D eigenvalue weighted by atomic mass is 9.70. The van der Waals surface area contributed by atoms with E-state index in [9.17, 15) is 0 Å². The van der Waals surface area contributed by atoms with Crippen LogP contribution in [0.1, 0.15) is 47.2 Å². The number of furan rings is 1. The quantitative estimate of drug-likeness (QED) is 0.161. The molecule has 0 saturated carbocycles. The number of rotatable bonds is 3. The van der Waals surface area contributed by atoms with Gasteiger partial charge in [-0.15, -0.1) is 0 Å². The van der Waals surface area contributed by atoms with Gasteiger partial charge in [0.25, 0.3) is 0 Å². The highest BCUT2D eigenvalue weighted by molar-refractivity contribution is 6.22. The van der Waals surface area contributed by atoms with Gasteiger partial charge in [-0.3, -0.25) is 0 Å². The van der Waals surface area contributed by atoms with Crippen LogP contribution in [0.5, 0.6) is 0 Å². The van der Waals surface area contributed by atoms with Crippen molar-refractivity contribution in [1.82, 2.24) is 0 Å². The predicted octanol–water partition coefficient (Wildman–Crippen LogP) is 18.7. The molecule has 1 heterocycles. The maximum absolute atomic E-state index is 6.63. The van der Waals surface area contributed by atoms with Gasteiger partial charge in [0.15, 0.2) is 0 Å². The van der Waals surface area contributed by atoms with Crippen molar-refractivity contribution < 1.29 is 4.42 Å². The van der Waals surface area contributed by atoms with Crippen LogP contribution in [0.2, 0.25) is 0 Å². The van der Waals surface area contributed by atoms with Gasteiger partial charge in [0.1, 0.15) is 11.2 Å². The third-order valence-corrected chi connectivity index (χ3v) is 16.9. The average Bonchev–Trinajstić information content (AvgIpc) is 4.12. The smallest absolute Gasteiger partial charge is 0.135 e. The van der Waals surface area contributed by atoms with Gasteiger partial charge < -0.3 is 4.42 Å². The average molecular weight is 901 g/mol. The van der Waals surface area contributed by atoms with E-state index in [1.165, 1.54) is 132 Å². The van der Waals surface area contributed by atoms with Gasteiger partial charge in [0.05, 0.1) is 5.41 Å². The molecule has 12 aromatic carbocycles. The van der Waals surface area contributed by atoms with Gasteiger partial charge in [-0.1, -0.05) is 208 Å². The van der Waals surface area contributed by atoms with Crippen LogP contribution in [-0.2, 0) is 10.8 Å². The maximum atomic E-state index is 6.63. The van der Waals surface area contributed by atoms with Gasteiger partial charge in [0.2, 0.25) is 0 Å². The van der Waals surface area contributed by atoms with Crippen molar-refractivity contribution in [2.45, 2.75) is 24.7 Å². The second-order valence-electron chi connectivity index (χ2n) is 20.6. The van der Waals surface area contributed by atoms with Gasteiger partial charge in [-0.05, 0) is 169 Å². The van der Waals surface area contributed by atoms with Crippen molar-refractivity contribution in [3.05, 3.63) is 264 Å². The van der Waals surface area contributed by atoms with E-state index in [2.05, 4.69) is 244 Å². The van der Waals surface area contributed by atoms with Crippen molar-refractivity contribution in [3.63, 3.8) is 0 Å². The molecule has 16 rings (SSSR count). The molecule has 0 amide bonds. The Morgan fingerprint density at radius 1 is 0.268 bits per heavy atom. The Bertz CT molecular complexity index is 4380. The number of hydrogen-bond acceptors (Lipinski definition) is 1. The maximum Gasteiger partial charge on any atom is 0.135 e. The monoisotopic (exact) mass is 900 g/mol. The zero-order valence-corrected chi connectivity index (χ0v) is 39.3. The highest BCUT2D eigenvalue weighted by Crippen LogP contribution is 2.63. The fraction of sp³-hybridized carbons (Fsp3) is 0.0571. The van der Waals surface area contributed by atoms with Crippen molar-refractivity contribution in [2.75, 3.05) is 0 Å². The molecule has 1 aromatic heterocycles. The Hall–Kier alpha value is -8.78. The zero-order valence-electron chi connectivity index (χ0n) is 39.3. The summed E-state index contributed by atoms with van der Waals surface area (Å²) < 4.78 is 6.63. The molecule has 1 spiro atoms. The molecule has 0 bridgehead atoms. The Labute approximate surface area is 411 Å². The van der Waals surface area contributed by atoms with Crippen LogP contribution >= 0.6 is 0 Å². The second-order valence-corrected chi connectivity index (χ2v) is 20.6. The molecule has 3 aliphatic rings. The molecule has 1 nitrogen and oxygen atoms in total. The van der Waals surface area contributed by atoms with Gasteiger partial charge in [-0.25, -0.2) is 0 Å². The fourth-order valence-electron chi connectivity index (χ4n) is 13.8. The number of hydrogen-bond donors (Lipinski definition) is 0. The fourth-order valence-corrected chi connectivity index (χ4v) is 13.8. The summed E-state index contributed by atoms with van der Waals surface area (Å²) in [5, 5.41) is 9.80. The third-order valence-electron chi connectivity index (χ3n) is 16.9. The van der Waals surface area contributed by atoms with Crippen LogP contribution in [0.3, 0.4) is 0 Å². The number of benzene rings is 12. The molecule has 1 heteroatoms. The Balaban J connectivity index is 0.874. The van der Waals surface area contributed by atoms with E-state index in [1.807, 2.05) is 0 Å². The summed E-state index contributed by atoms with van der Waals surface area (Å²) in [6, 6.07) is 86.7. The molecule has 330 valence electrons. The Kier molecular flexibility index (Phi) is 7.68. The minimum Gasteiger partial charge on any atom is -0.456 e. The lowest BCUT2D eigenvalue weighted by Crippen LogP contribution is -2.25. The van der Waals surface area contributed by atoms with E-state index in [4.69, 9.17) is 4.42 Å². The first-order valence-electron chi connectivity index (χ1n) is 25.0. The lowest BCUT2D eigenvalue weighted by molar-refractivity contribution is 0.661. The van der Waals surface area contributed by atoms with E-state index >= 15 is 0 Å². The van der Waals surface area contributed by atoms with Crippen LogP contribution in [0.25, 0.3) is 121 Å². The van der Waals surface area contributed by atoms with E-state index in [0.29, 0.717) is 0 Å². The molecule has 0 radical (unpaired) electrons. The molecule has 3 aliphatic carbocycles. The summed E-state index contributed by atoms with van der Waals surface area (Å²) in [5.74, 6) is 0. The molecule has 71 heavy (non-hydrogen) atoms. The molecule has 0 atom stereocenters. The largest absolute Gasteiger partial charge is 0.456 e. The molecule has 0 aliphatic heterocycles. The lowest BCUT2D eigenvalue weighted by Gasteiger charge is -2.30. The minimum absolute atomic E-state index is 0.0766. The molecule has 0 saturated heterocycles. The molecule has 0 unspecified atom stereocenters. The van der Waals surface area contributed by atoms with E-state index in [0.717, 1.165) is 21.9 Å². The van der Waals surface area contributed by atoms with Crippen molar-refractivity contribution >= 4 is 54.3 Å². The summed E-state index contributed by atoms with van der Waals surface area (Å²) >= 11 is 0. The molecule has 0 N–H and O–H groups in total. The van der Waals surface area contributed by atoms with E-state index in [-0.39, 0.29) is 5.41 Å². The van der Waals surface area contributed by atoms with Gasteiger partial charge in [0, 0.05) is 16.2 Å². The molecular formula is C70H44O. The van der Waals surface area contributed by atoms with Crippen LogP contribution in [0.4, 0.5) is 0 Å². The van der Waals surface area contributed by atoms with Gasteiger partial charge >= 0.3 is 0 Å². The minimum atomic E-state index is -0.416. The SMILES string of the molecule is CC1(C)c2ccc(-c3ccc4oc5ccc(-c6c7ccccc7c(-c7ccc8c(c7)C7(c9ccccc9-c9ccccc97)c7ccccc7-8)c7ccccc67)cc5c4c3)cc2-c2c1ccc1ccccc21. The van der Waals surface area contributed by atoms with Crippen LogP contribution < -0.4 is 0 Å². The highest BCUT2D eigenvalue weighted by atomic mass is 16.3. The molecular weight excluding hydrogens is 857 g/mol. The standard InChI is InChI=1S/C70H44O/c1-69(2)58-33-29-42(38-57(58)68-46-16-4-3-15-41(46)28-34-62(68)69)43-30-35-64-55(37-43)56-39-44(31-36-65(56)71-64)66-51-20-5-7-22-53(51)67(54-23-8-6-21-52(54)66)45-27-32-50-49-19-11-14-26-61(49)70(63(50)40-45)59-24-12-9-17-47(59)48-18-10-13-25-60(48)70/h3-40H,1-2H3. The van der Waals surface area contributed by atoms with Crippen LogP contribution in [0, 0.1) is 0 Å². The van der Waals surface area contributed by atoms with Crippen molar-refractivity contribution in [3.8, 4) is 66.8 Å². The normalized spacial score (nSPS) is 14.3. The van der Waals surface area contributed by atoms with E-state index in [1.54, 1.807) is 0 Å². The molecule has 13 aromatic rings. The van der Waals surface area contributed by atoms with Crippen molar-refractivity contribution in [2.24, 2.45) is 0 Å². The van der Waals surface area contributed by atoms with Crippen molar-refractivity contribution in [1.29, 1.82) is 0 Å². The molecule has 0 fully saturated rings. The second kappa shape index (κ2) is 13.9. The summed E-state index contributed by atoms with van der Waals surface area (Å²) in [5.41, 5.74) is 24.8. The summed E-state index contributed by atoms with van der Waals surface area (Å²) in [4.78, 5) is 0. The first-order valence-corrected chi connectivity index (χ1v) is 25.0. The third kappa shape index (κ3) is 5.05. The first-order chi connectivity index (χ1) is 35.0. The van der Waals surface area contributed by atoms with Crippen LogP contribution in [0.15, 0.2) is 235 Å². The van der Waals surface area contributed by atoms with Gasteiger partial charge in [-0.2, -0.15) is 0 Å². The summed E-state index contributed by atoms with van der Waals surface area (Å²) in [6.07, 6.45) is 0. The number of fused-ring (bicyclic) bond motifs is 20. The zero-order chi connectivity index (χ0) is 46.7. The topological polar surface area (TPSA) is 13.1 Å².